The van der Waals surface area contributed by atoms with Crippen LogP contribution in [0.2, 0.25) is 0 Å². The zero-order valence-electron chi connectivity index (χ0n) is 27.8. The van der Waals surface area contributed by atoms with E-state index in [1.54, 1.807) is 0 Å². The number of imidazole rings is 1. The molecular weight excluding hydrogens is 544 g/mol. The largest absolute Gasteiger partial charge is 0.296 e. The first kappa shape index (κ1) is 28.6. The monoisotopic (exact) mass is 591 g/mol. The predicted molar refractivity (Wildman–Crippen MR) is 189 cm³/mol. The molecule has 1 aliphatic carbocycles. The average Bonchev–Trinajstić information content (AvgIpc) is 3.51. The number of rotatable bonds is 7. The number of pyridine rings is 1. The lowest BCUT2D eigenvalue weighted by Gasteiger charge is -2.46. The molecule has 45 heavy (non-hydrogen) atoms. The highest BCUT2D eigenvalue weighted by Crippen LogP contribution is 2.51. The van der Waals surface area contributed by atoms with E-state index in [0.717, 1.165) is 19.3 Å². The molecule has 3 heterocycles. The Balaban J connectivity index is 1.53. The molecule has 2 aromatic heterocycles. The Morgan fingerprint density at radius 1 is 0.822 bits per heavy atom. The summed E-state index contributed by atoms with van der Waals surface area (Å²) < 4.78 is 5.37. The van der Waals surface area contributed by atoms with E-state index in [4.69, 9.17) is 0 Å². The van der Waals surface area contributed by atoms with Crippen molar-refractivity contribution in [1.82, 2.24) is 4.40 Å². The van der Waals surface area contributed by atoms with Crippen molar-refractivity contribution >= 4 is 27.3 Å². The Kier molecular flexibility index (Phi) is 6.71. The molecule has 0 spiro atoms. The molecule has 0 N–H and O–H groups in total. The number of aromatic nitrogens is 2. The van der Waals surface area contributed by atoms with Gasteiger partial charge in [0.15, 0.2) is 5.69 Å². The van der Waals surface area contributed by atoms with Gasteiger partial charge in [-0.2, -0.15) is 4.40 Å². The van der Waals surface area contributed by atoms with Crippen molar-refractivity contribution < 1.29 is 4.57 Å². The first-order valence-corrected chi connectivity index (χ1v) is 17.6. The Hall–Kier alpha value is -3.91. The van der Waals surface area contributed by atoms with Crippen molar-refractivity contribution in [3.05, 3.63) is 119 Å². The van der Waals surface area contributed by atoms with Gasteiger partial charge in [-0.3, -0.25) is 0 Å². The summed E-state index contributed by atoms with van der Waals surface area (Å²) in [5.41, 5.74) is 12.9. The number of unbranched alkanes of at least 4 members (excludes halogenated alkanes) is 1. The third kappa shape index (κ3) is 3.90. The van der Waals surface area contributed by atoms with E-state index in [2.05, 4.69) is 135 Å². The van der Waals surface area contributed by atoms with Gasteiger partial charge in [-0.05, 0) is 91.8 Å². The summed E-state index contributed by atoms with van der Waals surface area (Å²) >= 11 is 0. The van der Waals surface area contributed by atoms with Crippen molar-refractivity contribution in [3.8, 4) is 11.3 Å². The van der Waals surface area contributed by atoms with Gasteiger partial charge in [0.2, 0.25) is 0 Å². The van der Waals surface area contributed by atoms with Crippen LogP contribution in [0.1, 0.15) is 107 Å². The number of aryl methyl sites for hydroxylation is 2. The zero-order chi connectivity index (χ0) is 30.9. The van der Waals surface area contributed by atoms with Crippen molar-refractivity contribution in [2.45, 2.75) is 103 Å². The molecule has 0 fully saturated rings. The molecule has 0 amide bonds. The van der Waals surface area contributed by atoms with E-state index >= 15 is 0 Å². The van der Waals surface area contributed by atoms with E-state index < -0.39 is 0 Å². The quantitative estimate of drug-likeness (QED) is 0.129. The lowest BCUT2D eigenvalue weighted by molar-refractivity contribution is -0.750. The topological polar surface area (TPSA) is 8.29 Å². The third-order valence-electron chi connectivity index (χ3n) is 12.3. The van der Waals surface area contributed by atoms with E-state index in [0.29, 0.717) is 5.92 Å². The van der Waals surface area contributed by atoms with Gasteiger partial charge in [0.25, 0.3) is 5.65 Å². The molecule has 0 saturated carbocycles. The van der Waals surface area contributed by atoms with Gasteiger partial charge in [0, 0.05) is 27.7 Å². The van der Waals surface area contributed by atoms with Crippen LogP contribution in [0.5, 0.6) is 0 Å². The van der Waals surface area contributed by atoms with Crippen LogP contribution in [0.3, 0.4) is 0 Å². The Labute approximate surface area is 268 Å². The van der Waals surface area contributed by atoms with E-state index in [9.17, 15) is 0 Å². The summed E-state index contributed by atoms with van der Waals surface area (Å²) in [5.74, 6) is 0.412. The molecule has 1 aliphatic heterocycles. The molecular formula is C43H47N2+. The zero-order valence-corrected chi connectivity index (χ0v) is 27.8. The standard InChI is InChI=1S/C43H47N2/c1-6-9-16-29-25-26-33(32-21-14-18-30-17-10-11-19-31(30)32)36(27-29)39-28-44-41-40-35(34-20-12-13-24-38(34)45(39)41)22-15-23-37(40)42(4,7-2)43(44,5)8-3/h10-13,15,17,19-20,22-28,32H,6-9,14,16,18,21H2,1-5H3/q+1. The fourth-order valence-corrected chi connectivity index (χ4v) is 9.31. The molecule has 0 radical (unpaired) electrons. The molecule has 4 aromatic carbocycles. The first-order chi connectivity index (χ1) is 21.9. The van der Waals surface area contributed by atoms with E-state index in [1.807, 2.05) is 0 Å². The number of benzene rings is 4. The second kappa shape index (κ2) is 10.6. The highest BCUT2D eigenvalue weighted by molar-refractivity contribution is 6.13. The van der Waals surface area contributed by atoms with Crippen molar-refractivity contribution in [2.24, 2.45) is 0 Å². The summed E-state index contributed by atoms with van der Waals surface area (Å²) in [6.45, 7) is 12.1. The molecule has 0 saturated heterocycles. The molecule has 2 heteroatoms. The number of hydrogen-bond donors (Lipinski definition) is 0. The summed E-state index contributed by atoms with van der Waals surface area (Å²) in [6.07, 6.45) is 11.9. The SMILES string of the molecule is CCCCc1ccc(C2CCCc3ccccc32)c(-c2c[n+]3c4c5c(cccc5c5ccccc5n24)C(C)(CC)C3(C)CC)c1. The van der Waals surface area contributed by atoms with Gasteiger partial charge in [-0.15, -0.1) is 0 Å². The van der Waals surface area contributed by atoms with Gasteiger partial charge < -0.3 is 0 Å². The Morgan fingerprint density at radius 2 is 1.62 bits per heavy atom. The second-order valence-corrected chi connectivity index (χ2v) is 14.3. The van der Waals surface area contributed by atoms with Crippen LogP contribution >= 0.6 is 0 Å². The van der Waals surface area contributed by atoms with Crippen LogP contribution in [0.15, 0.2) is 91.1 Å². The molecule has 0 bridgehead atoms. The molecule has 2 nitrogen and oxygen atoms in total. The minimum atomic E-state index is -0.0631. The number of hydrogen-bond acceptors (Lipinski definition) is 0. The fourth-order valence-electron chi connectivity index (χ4n) is 9.31. The van der Waals surface area contributed by atoms with E-state index in [-0.39, 0.29) is 11.0 Å². The summed E-state index contributed by atoms with van der Waals surface area (Å²) in [4.78, 5) is 0. The van der Waals surface area contributed by atoms with Crippen LogP contribution in [-0.2, 0) is 23.8 Å². The Bertz CT molecular complexity index is 2100. The van der Waals surface area contributed by atoms with Crippen LogP contribution in [0, 0.1) is 0 Å². The van der Waals surface area contributed by atoms with Crippen molar-refractivity contribution in [1.29, 1.82) is 0 Å². The van der Waals surface area contributed by atoms with Crippen LogP contribution < -0.4 is 4.57 Å². The lowest BCUT2D eigenvalue weighted by atomic mass is 9.62. The highest BCUT2D eigenvalue weighted by atomic mass is 15.2. The highest BCUT2D eigenvalue weighted by Gasteiger charge is 2.54. The Morgan fingerprint density at radius 3 is 2.44 bits per heavy atom. The number of para-hydroxylation sites is 1. The van der Waals surface area contributed by atoms with Gasteiger partial charge in [0.1, 0.15) is 17.3 Å². The molecule has 6 aromatic rings. The van der Waals surface area contributed by atoms with Crippen LogP contribution in [0.25, 0.3) is 38.6 Å². The van der Waals surface area contributed by atoms with Gasteiger partial charge in [0.05, 0.1) is 5.39 Å². The molecule has 3 atom stereocenters. The summed E-state index contributed by atoms with van der Waals surface area (Å²) in [6, 6.07) is 33.0. The van der Waals surface area contributed by atoms with Crippen molar-refractivity contribution in [2.75, 3.05) is 0 Å². The predicted octanol–water partition coefficient (Wildman–Crippen LogP) is 10.8. The maximum Gasteiger partial charge on any atom is 0.296 e. The second-order valence-electron chi connectivity index (χ2n) is 14.3. The summed E-state index contributed by atoms with van der Waals surface area (Å²) in [5, 5.41) is 4.16. The maximum absolute atomic E-state index is 2.71. The maximum atomic E-state index is 2.71. The average molecular weight is 592 g/mol. The smallest absolute Gasteiger partial charge is 0.223 e. The number of nitrogens with zero attached hydrogens (tertiary/aromatic N) is 2. The fraction of sp³-hybridized carbons (Fsp3) is 0.372. The third-order valence-corrected chi connectivity index (χ3v) is 12.3. The summed E-state index contributed by atoms with van der Waals surface area (Å²) in [7, 11) is 0. The molecule has 3 unspecified atom stereocenters. The van der Waals surface area contributed by atoms with Gasteiger partial charge >= 0.3 is 0 Å². The van der Waals surface area contributed by atoms with Crippen LogP contribution in [0.4, 0.5) is 0 Å². The lowest BCUT2D eigenvalue weighted by Crippen LogP contribution is -2.65. The molecule has 2 aliphatic rings. The number of fused-ring (bicyclic) bond motifs is 4. The van der Waals surface area contributed by atoms with Crippen molar-refractivity contribution in [3.63, 3.8) is 0 Å². The molecule has 228 valence electrons. The first-order valence-electron chi connectivity index (χ1n) is 17.6. The van der Waals surface area contributed by atoms with Crippen LogP contribution in [-0.4, -0.2) is 4.40 Å². The normalized spacial score (nSPS) is 22.5. The molecule has 8 rings (SSSR count). The van der Waals surface area contributed by atoms with Gasteiger partial charge in [-0.25, -0.2) is 4.57 Å². The van der Waals surface area contributed by atoms with E-state index in [1.165, 1.54) is 98.5 Å². The minimum Gasteiger partial charge on any atom is -0.223 e. The minimum absolute atomic E-state index is 0.00854. The van der Waals surface area contributed by atoms with Gasteiger partial charge in [-0.1, -0.05) is 107 Å².